The number of nitrogens with two attached hydrogens (primary N) is 1. The topological polar surface area (TPSA) is 72.2 Å². The van der Waals surface area contributed by atoms with Crippen molar-refractivity contribution in [2.24, 2.45) is 5.73 Å². The average Bonchev–Trinajstić information content (AvgIpc) is 2.65. The number of furan rings is 1. The Morgan fingerprint density at radius 3 is 2.94 bits per heavy atom. The molecule has 17 heavy (non-hydrogen) atoms. The molecule has 0 unspecified atom stereocenters. The minimum absolute atomic E-state index is 0.385. The van der Waals surface area contributed by atoms with Crippen LogP contribution in [0.25, 0.3) is 16.7 Å². The van der Waals surface area contributed by atoms with Crippen LogP contribution in [0.5, 0.6) is 5.75 Å². The second-order valence-electron chi connectivity index (χ2n) is 3.86. The Hall–Kier alpha value is -2.41. The monoisotopic (exact) mass is 226 g/mol. The van der Waals surface area contributed by atoms with Crippen molar-refractivity contribution >= 4 is 16.7 Å². The summed E-state index contributed by atoms with van der Waals surface area (Å²) in [5.41, 5.74) is 7.57. The van der Waals surface area contributed by atoms with Crippen LogP contribution >= 0.6 is 0 Å². The van der Waals surface area contributed by atoms with Gasteiger partial charge in [0, 0.05) is 6.42 Å². The minimum Gasteiger partial charge on any atom is -0.488 e. The van der Waals surface area contributed by atoms with Crippen LogP contribution in [0.1, 0.15) is 12.2 Å². The molecule has 0 saturated carbocycles. The Morgan fingerprint density at radius 1 is 1.29 bits per heavy atom. The van der Waals surface area contributed by atoms with Crippen molar-refractivity contribution in [1.29, 1.82) is 5.26 Å². The summed E-state index contributed by atoms with van der Waals surface area (Å²) < 4.78 is 11.3. The summed E-state index contributed by atoms with van der Waals surface area (Å²) in [4.78, 5) is 0. The Labute approximate surface area is 97.9 Å². The number of nitriles is 1. The van der Waals surface area contributed by atoms with Crippen molar-refractivity contribution in [3.8, 4) is 11.8 Å². The zero-order chi connectivity index (χ0) is 11.8. The van der Waals surface area contributed by atoms with E-state index >= 15 is 0 Å². The molecule has 1 aromatic heterocycles. The van der Waals surface area contributed by atoms with E-state index in [0.717, 1.165) is 11.0 Å². The van der Waals surface area contributed by atoms with Crippen LogP contribution in [0, 0.1) is 11.3 Å². The molecular weight excluding hydrogens is 216 g/mol. The lowest BCUT2D eigenvalue weighted by molar-refractivity contribution is 0.324. The fraction of sp³-hybridized carbons (Fsp3) is 0.154. The van der Waals surface area contributed by atoms with Gasteiger partial charge in [0.2, 0.25) is 0 Å². The first-order chi connectivity index (χ1) is 8.31. The zero-order valence-electron chi connectivity index (χ0n) is 9.06. The van der Waals surface area contributed by atoms with E-state index in [-0.39, 0.29) is 0 Å². The molecule has 0 radical (unpaired) electrons. The number of rotatable bonds is 0. The molecule has 3 rings (SSSR count). The van der Waals surface area contributed by atoms with Crippen LogP contribution in [0.4, 0.5) is 0 Å². The summed E-state index contributed by atoms with van der Waals surface area (Å²) in [7, 11) is 0. The van der Waals surface area contributed by atoms with Gasteiger partial charge >= 0.3 is 0 Å². The van der Waals surface area contributed by atoms with E-state index in [1.165, 1.54) is 0 Å². The van der Waals surface area contributed by atoms with Gasteiger partial charge in [0.15, 0.2) is 11.5 Å². The first-order valence-corrected chi connectivity index (χ1v) is 5.34. The highest BCUT2D eigenvalue weighted by molar-refractivity contribution is 5.90. The normalized spacial score (nSPS) is 15.0. The molecule has 0 atom stereocenters. The van der Waals surface area contributed by atoms with Crippen LogP contribution in [-0.4, -0.2) is 6.61 Å². The van der Waals surface area contributed by atoms with E-state index in [4.69, 9.17) is 20.1 Å². The smallest absolute Gasteiger partial charge is 0.193 e. The Kier molecular flexibility index (Phi) is 2.05. The molecule has 0 amide bonds. The number of hydrogen-bond donors (Lipinski definition) is 1. The fourth-order valence-corrected chi connectivity index (χ4v) is 1.99. The minimum atomic E-state index is 0.385. The van der Waals surface area contributed by atoms with Crippen molar-refractivity contribution in [3.63, 3.8) is 0 Å². The van der Waals surface area contributed by atoms with E-state index in [1.807, 2.05) is 24.3 Å². The lowest BCUT2D eigenvalue weighted by Crippen LogP contribution is -1.98. The molecule has 1 aliphatic rings. The molecular formula is C13H10N2O2. The average molecular weight is 226 g/mol. The van der Waals surface area contributed by atoms with Crippen LogP contribution in [-0.2, 0) is 0 Å². The van der Waals surface area contributed by atoms with Gasteiger partial charge in [-0.15, -0.1) is 0 Å². The maximum Gasteiger partial charge on any atom is 0.193 e. The largest absolute Gasteiger partial charge is 0.488 e. The third-order valence-electron chi connectivity index (χ3n) is 2.85. The van der Waals surface area contributed by atoms with E-state index < -0.39 is 0 Å². The molecule has 2 heterocycles. The van der Waals surface area contributed by atoms with Crippen LogP contribution in [0.2, 0.25) is 0 Å². The molecule has 0 saturated heterocycles. The van der Waals surface area contributed by atoms with Gasteiger partial charge < -0.3 is 14.9 Å². The van der Waals surface area contributed by atoms with Gasteiger partial charge in [-0.1, -0.05) is 12.1 Å². The lowest BCUT2D eigenvalue weighted by atomic mass is 10.1. The van der Waals surface area contributed by atoms with Gasteiger partial charge in [-0.2, -0.15) is 5.26 Å². The number of nitrogens with zero attached hydrogens (tertiary/aromatic N) is 1. The summed E-state index contributed by atoms with van der Waals surface area (Å²) in [6.45, 7) is 0.445. The highest BCUT2D eigenvalue weighted by Crippen LogP contribution is 2.38. The van der Waals surface area contributed by atoms with Crippen LogP contribution < -0.4 is 10.5 Å². The SMILES string of the molecule is N#CC1=C(N)c2oc3ccccc3c2OCC1. The molecule has 0 fully saturated rings. The summed E-state index contributed by atoms with van der Waals surface area (Å²) >= 11 is 0. The zero-order valence-corrected chi connectivity index (χ0v) is 9.06. The van der Waals surface area contributed by atoms with Crippen LogP contribution in [0.15, 0.2) is 34.3 Å². The Morgan fingerprint density at radius 2 is 2.12 bits per heavy atom. The second-order valence-corrected chi connectivity index (χ2v) is 3.86. The molecule has 0 bridgehead atoms. The Balaban J connectivity index is 2.33. The van der Waals surface area contributed by atoms with Gasteiger partial charge in [-0.05, 0) is 12.1 Å². The maximum atomic E-state index is 9.00. The Bertz CT molecular complexity index is 662. The number of fused-ring (bicyclic) bond motifs is 3. The van der Waals surface area contributed by atoms with Gasteiger partial charge in [0.1, 0.15) is 5.58 Å². The number of ether oxygens (including phenoxy) is 1. The molecule has 84 valence electrons. The van der Waals surface area contributed by atoms with Gasteiger partial charge in [-0.25, -0.2) is 0 Å². The maximum absolute atomic E-state index is 9.00. The van der Waals surface area contributed by atoms with Crippen LogP contribution in [0.3, 0.4) is 0 Å². The second kappa shape index (κ2) is 3.56. The van der Waals surface area contributed by atoms with Crippen molar-refractivity contribution in [2.75, 3.05) is 6.61 Å². The van der Waals surface area contributed by atoms with E-state index in [9.17, 15) is 0 Å². The highest BCUT2D eigenvalue weighted by atomic mass is 16.5. The molecule has 4 nitrogen and oxygen atoms in total. The first kappa shape index (κ1) is 9.79. The molecule has 1 aromatic carbocycles. The van der Waals surface area contributed by atoms with E-state index in [1.54, 1.807) is 0 Å². The molecule has 0 aliphatic carbocycles. The molecule has 2 N–H and O–H groups in total. The molecule has 4 heteroatoms. The quantitative estimate of drug-likeness (QED) is 0.748. The molecule has 1 aliphatic heterocycles. The lowest BCUT2D eigenvalue weighted by Gasteiger charge is -2.00. The fourth-order valence-electron chi connectivity index (χ4n) is 1.99. The van der Waals surface area contributed by atoms with Gasteiger partial charge in [0.25, 0.3) is 0 Å². The van der Waals surface area contributed by atoms with Crippen molar-refractivity contribution in [3.05, 3.63) is 35.6 Å². The van der Waals surface area contributed by atoms with E-state index in [2.05, 4.69) is 6.07 Å². The first-order valence-electron chi connectivity index (χ1n) is 5.34. The third kappa shape index (κ3) is 1.36. The van der Waals surface area contributed by atoms with Gasteiger partial charge in [-0.3, -0.25) is 0 Å². The third-order valence-corrected chi connectivity index (χ3v) is 2.85. The van der Waals surface area contributed by atoms with Crippen molar-refractivity contribution in [1.82, 2.24) is 0 Å². The number of benzene rings is 1. The summed E-state index contributed by atoms with van der Waals surface area (Å²) in [5.74, 6) is 1.11. The predicted molar refractivity (Wildman–Crippen MR) is 63.0 cm³/mol. The van der Waals surface area contributed by atoms with Crippen molar-refractivity contribution in [2.45, 2.75) is 6.42 Å². The standard InChI is InChI=1S/C13H10N2O2/c14-7-8-5-6-16-12-9-3-1-2-4-10(9)17-13(12)11(8)15/h1-4H,5-6,15H2. The highest BCUT2D eigenvalue weighted by Gasteiger charge is 2.22. The summed E-state index contributed by atoms with van der Waals surface area (Å²) in [6.07, 6.45) is 0.515. The molecule has 0 spiro atoms. The number of hydrogen-bond acceptors (Lipinski definition) is 4. The predicted octanol–water partition coefficient (Wildman–Crippen LogP) is 2.41. The summed E-state index contributed by atoms with van der Waals surface area (Å²) in [5, 5.41) is 9.89. The van der Waals surface area contributed by atoms with E-state index in [0.29, 0.717) is 35.8 Å². The van der Waals surface area contributed by atoms with Gasteiger partial charge in [0.05, 0.1) is 29.3 Å². The van der Waals surface area contributed by atoms with Crippen molar-refractivity contribution < 1.29 is 9.15 Å². The molecule has 2 aromatic rings. The number of para-hydroxylation sites is 1. The summed E-state index contributed by atoms with van der Waals surface area (Å²) in [6, 6.07) is 9.67.